The van der Waals surface area contributed by atoms with E-state index >= 15 is 0 Å². The van der Waals surface area contributed by atoms with Gasteiger partial charge in [0.25, 0.3) is 12.3 Å². The van der Waals surface area contributed by atoms with E-state index in [9.17, 15) is 13.6 Å². The number of halogens is 2. The molecule has 4 nitrogen and oxygen atoms in total. The number of aryl methyl sites for hydroxylation is 1. The minimum Gasteiger partial charge on any atom is -0.321 e. The number of anilines is 1. The highest BCUT2D eigenvalue weighted by molar-refractivity contribution is 6.03. The predicted molar refractivity (Wildman–Crippen MR) is 79.1 cm³/mol. The average molecular weight is 305 g/mol. The molecule has 1 aromatic carbocycles. The van der Waals surface area contributed by atoms with Crippen molar-refractivity contribution in [1.29, 1.82) is 0 Å². The lowest BCUT2D eigenvalue weighted by Crippen LogP contribution is -2.16. The molecule has 0 spiro atoms. The Morgan fingerprint density at radius 2 is 1.95 bits per heavy atom. The number of amides is 1. The first-order valence-corrected chi connectivity index (χ1v) is 7.13. The first-order valence-electron chi connectivity index (χ1n) is 7.13. The van der Waals surface area contributed by atoms with Crippen LogP contribution in [0.5, 0.6) is 0 Å². The van der Waals surface area contributed by atoms with Crippen molar-refractivity contribution in [1.82, 2.24) is 9.78 Å². The van der Waals surface area contributed by atoms with Gasteiger partial charge in [-0.2, -0.15) is 5.10 Å². The largest absolute Gasteiger partial charge is 0.321 e. The van der Waals surface area contributed by atoms with Gasteiger partial charge in [-0.1, -0.05) is 19.1 Å². The predicted octanol–water partition coefficient (Wildman–Crippen LogP) is 3.66. The minimum atomic E-state index is -2.69. The Bertz CT molecular complexity index is 703. The highest BCUT2D eigenvalue weighted by Gasteiger charge is 2.38. The standard InChI is InChI=1S/C16H17F2N3O/c1-16(7-8-16)10-3-5-11(6-4-10)19-15(22)13-9-12(14(17)18)20-21(13)2/h3-6,9,14H,7-8H2,1-2H3,(H,19,22). The third-order valence-electron chi connectivity index (χ3n) is 4.19. The summed E-state index contributed by atoms with van der Waals surface area (Å²) in [5.74, 6) is -0.452. The molecule has 0 aliphatic heterocycles. The Labute approximate surface area is 127 Å². The SMILES string of the molecule is Cn1nc(C(F)F)cc1C(=O)Nc1ccc(C2(C)CC2)cc1. The summed E-state index contributed by atoms with van der Waals surface area (Å²) in [5, 5.41) is 6.34. The van der Waals surface area contributed by atoms with Crippen LogP contribution < -0.4 is 5.32 Å². The van der Waals surface area contributed by atoms with E-state index in [0.717, 1.165) is 10.7 Å². The summed E-state index contributed by atoms with van der Waals surface area (Å²) in [6.07, 6.45) is -0.319. The first-order chi connectivity index (χ1) is 10.4. The second-order valence-electron chi connectivity index (χ2n) is 5.97. The van der Waals surface area contributed by atoms with Crippen LogP contribution in [0.15, 0.2) is 30.3 Å². The van der Waals surface area contributed by atoms with Gasteiger partial charge in [-0.15, -0.1) is 0 Å². The number of nitrogens with zero attached hydrogens (tertiary/aromatic N) is 2. The van der Waals surface area contributed by atoms with E-state index in [1.54, 1.807) is 0 Å². The van der Waals surface area contributed by atoms with Crippen LogP contribution in [0.1, 0.15) is 47.9 Å². The lowest BCUT2D eigenvalue weighted by molar-refractivity contribution is 0.101. The number of carbonyl (C=O) groups is 1. The van der Waals surface area contributed by atoms with Crippen molar-refractivity contribution in [2.45, 2.75) is 31.6 Å². The topological polar surface area (TPSA) is 46.9 Å². The van der Waals surface area contributed by atoms with Crippen molar-refractivity contribution in [3.8, 4) is 0 Å². The van der Waals surface area contributed by atoms with Crippen LogP contribution in [0.2, 0.25) is 0 Å². The summed E-state index contributed by atoms with van der Waals surface area (Å²) < 4.78 is 26.4. The third kappa shape index (κ3) is 2.73. The molecule has 2 aromatic rings. The number of hydrogen-bond acceptors (Lipinski definition) is 2. The second-order valence-corrected chi connectivity index (χ2v) is 5.97. The van der Waals surface area contributed by atoms with E-state index in [1.807, 2.05) is 24.3 Å². The van der Waals surface area contributed by atoms with Crippen molar-refractivity contribution in [2.75, 3.05) is 5.32 Å². The number of nitrogens with one attached hydrogen (secondary N) is 1. The van der Waals surface area contributed by atoms with Gasteiger partial charge in [0.05, 0.1) is 0 Å². The highest BCUT2D eigenvalue weighted by atomic mass is 19.3. The molecule has 0 radical (unpaired) electrons. The van der Waals surface area contributed by atoms with Crippen LogP contribution in [-0.2, 0) is 12.5 Å². The lowest BCUT2D eigenvalue weighted by atomic mass is 9.98. The maximum Gasteiger partial charge on any atom is 0.282 e. The fourth-order valence-corrected chi connectivity index (χ4v) is 2.44. The van der Waals surface area contributed by atoms with Crippen LogP contribution >= 0.6 is 0 Å². The summed E-state index contributed by atoms with van der Waals surface area (Å²) in [6, 6.07) is 8.77. The molecule has 116 valence electrons. The van der Waals surface area contributed by atoms with Gasteiger partial charge in [0.2, 0.25) is 0 Å². The second kappa shape index (κ2) is 5.19. The Morgan fingerprint density at radius 3 is 2.45 bits per heavy atom. The van der Waals surface area contributed by atoms with E-state index < -0.39 is 18.0 Å². The number of alkyl halides is 2. The maximum absolute atomic E-state index is 12.6. The van der Waals surface area contributed by atoms with Gasteiger partial charge >= 0.3 is 0 Å². The fraction of sp³-hybridized carbons (Fsp3) is 0.375. The molecule has 0 bridgehead atoms. The van der Waals surface area contributed by atoms with E-state index in [4.69, 9.17) is 0 Å². The molecule has 0 saturated heterocycles. The maximum atomic E-state index is 12.6. The van der Waals surface area contributed by atoms with Crippen molar-refractivity contribution in [3.05, 3.63) is 47.3 Å². The smallest absolute Gasteiger partial charge is 0.282 e. The lowest BCUT2D eigenvalue weighted by Gasteiger charge is -2.10. The van der Waals surface area contributed by atoms with Gasteiger partial charge in [0.15, 0.2) is 0 Å². The first kappa shape index (κ1) is 14.7. The highest BCUT2D eigenvalue weighted by Crippen LogP contribution is 2.47. The Hall–Kier alpha value is -2.24. The molecular formula is C16H17F2N3O. The van der Waals surface area contributed by atoms with E-state index in [-0.39, 0.29) is 11.1 Å². The molecule has 1 saturated carbocycles. The van der Waals surface area contributed by atoms with Crippen molar-refractivity contribution in [2.24, 2.45) is 7.05 Å². The summed E-state index contributed by atoms with van der Waals surface area (Å²) in [4.78, 5) is 12.1. The number of rotatable bonds is 4. The molecule has 1 fully saturated rings. The van der Waals surface area contributed by atoms with E-state index in [1.165, 1.54) is 25.5 Å². The summed E-state index contributed by atoms with van der Waals surface area (Å²) in [6.45, 7) is 2.21. The molecule has 1 amide bonds. The molecule has 0 unspecified atom stereocenters. The van der Waals surface area contributed by atoms with Gasteiger partial charge in [0, 0.05) is 12.7 Å². The average Bonchev–Trinajstić information content (AvgIpc) is 3.09. The zero-order valence-corrected chi connectivity index (χ0v) is 12.4. The van der Waals surface area contributed by atoms with E-state index in [0.29, 0.717) is 5.69 Å². The van der Waals surface area contributed by atoms with Gasteiger partial charge in [-0.05, 0) is 42.0 Å². The number of benzene rings is 1. The van der Waals surface area contributed by atoms with Gasteiger partial charge in [0.1, 0.15) is 11.4 Å². The normalized spacial score (nSPS) is 15.9. The van der Waals surface area contributed by atoms with Crippen molar-refractivity contribution in [3.63, 3.8) is 0 Å². The minimum absolute atomic E-state index is 0.105. The number of carbonyl (C=O) groups excluding carboxylic acids is 1. The molecule has 0 atom stereocenters. The Morgan fingerprint density at radius 1 is 1.32 bits per heavy atom. The number of hydrogen-bond donors (Lipinski definition) is 1. The Balaban J connectivity index is 1.74. The fourth-order valence-electron chi connectivity index (χ4n) is 2.44. The van der Waals surface area contributed by atoms with Crippen LogP contribution in [-0.4, -0.2) is 15.7 Å². The van der Waals surface area contributed by atoms with Crippen molar-refractivity contribution >= 4 is 11.6 Å². The van der Waals surface area contributed by atoms with Crippen LogP contribution in [0.3, 0.4) is 0 Å². The molecule has 1 aliphatic rings. The van der Waals surface area contributed by atoms with Gasteiger partial charge in [-0.25, -0.2) is 8.78 Å². The number of aromatic nitrogens is 2. The summed E-state index contributed by atoms with van der Waals surface area (Å²) in [7, 11) is 1.47. The molecule has 22 heavy (non-hydrogen) atoms. The Kier molecular flexibility index (Phi) is 3.47. The van der Waals surface area contributed by atoms with Gasteiger partial charge in [-0.3, -0.25) is 9.48 Å². The van der Waals surface area contributed by atoms with Crippen LogP contribution in [0.25, 0.3) is 0 Å². The quantitative estimate of drug-likeness (QED) is 0.937. The molecule has 6 heteroatoms. The van der Waals surface area contributed by atoms with Crippen LogP contribution in [0.4, 0.5) is 14.5 Å². The molecule has 1 heterocycles. The van der Waals surface area contributed by atoms with Crippen molar-refractivity contribution < 1.29 is 13.6 Å². The molecule has 1 aromatic heterocycles. The molecule has 1 N–H and O–H groups in total. The van der Waals surface area contributed by atoms with Gasteiger partial charge < -0.3 is 5.32 Å². The summed E-state index contributed by atoms with van der Waals surface area (Å²) in [5.41, 5.74) is 1.87. The van der Waals surface area contributed by atoms with E-state index in [2.05, 4.69) is 17.3 Å². The zero-order valence-electron chi connectivity index (χ0n) is 12.4. The monoisotopic (exact) mass is 305 g/mol. The molecule has 1 aliphatic carbocycles. The third-order valence-corrected chi connectivity index (χ3v) is 4.19. The summed E-state index contributed by atoms with van der Waals surface area (Å²) >= 11 is 0. The van der Waals surface area contributed by atoms with Crippen LogP contribution in [0, 0.1) is 0 Å². The molecular weight excluding hydrogens is 288 g/mol. The zero-order chi connectivity index (χ0) is 15.9. The molecule has 3 rings (SSSR count).